The maximum atomic E-state index is 12.4. The highest BCUT2D eigenvalue weighted by molar-refractivity contribution is 7.89. The number of halogens is 1. The second kappa shape index (κ2) is 9.98. The quantitative estimate of drug-likeness (QED) is 0.721. The Morgan fingerprint density at radius 3 is 2.08 bits per heavy atom. The van der Waals surface area contributed by atoms with Crippen LogP contribution in [0, 0.1) is 5.92 Å². The zero-order valence-corrected chi connectivity index (χ0v) is 16.3. The number of sulfonamides is 1. The van der Waals surface area contributed by atoms with E-state index in [1.807, 2.05) is 13.8 Å². The van der Waals surface area contributed by atoms with E-state index in [-0.39, 0.29) is 35.2 Å². The molecule has 1 aromatic rings. The van der Waals surface area contributed by atoms with Crippen molar-refractivity contribution < 1.29 is 13.2 Å². The van der Waals surface area contributed by atoms with Gasteiger partial charge in [0.05, 0.1) is 4.90 Å². The van der Waals surface area contributed by atoms with Crippen molar-refractivity contribution in [1.82, 2.24) is 9.62 Å². The third-order valence-corrected chi connectivity index (χ3v) is 6.00. The Hall–Kier alpha value is -1.15. The molecule has 138 valence electrons. The molecular weight excluding hydrogens is 350 g/mol. The number of amides is 1. The summed E-state index contributed by atoms with van der Waals surface area (Å²) in [5, 5.41) is 2.80. The molecule has 0 bridgehead atoms. The first-order valence-corrected chi connectivity index (χ1v) is 9.30. The molecule has 0 saturated heterocycles. The molecule has 0 saturated carbocycles. The number of nitrogens with one attached hydrogen (secondary N) is 1. The van der Waals surface area contributed by atoms with E-state index in [0.29, 0.717) is 19.6 Å². The summed E-state index contributed by atoms with van der Waals surface area (Å²) >= 11 is 0. The molecular formula is C16H28ClN3O3S. The summed E-state index contributed by atoms with van der Waals surface area (Å²) in [5.74, 6) is -0.378. The summed E-state index contributed by atoms with van der Waals surface area (Å²) in [4.78, 5) is 12.1. The minimum atomic E-state index is -3.44. The molecule has 0 heterocycles. The Balaban J connectivity index is 0.00000529. The third-order valence-electron chi connectivity index (χ3n) is 3.94. The van der Waals surface area contributed by atoms with Crippen molar-refractivity contribution in [1.29, 1.82) is 0 Å². The molecule has 24 heavy (non-hydrogen) atoms. The van der Waals surface area contributed by atoms with Crippen molar-refractivity contribution in [3.05, 3.63) is 29.8 Å². The zero-order valence-electron chi connectivity index (χ0n) is 14.7. The van der Waals surface area contributed by atoms with Gasteiger partial charge in [0.2, 0.25) is 15.9 Å². The Morgan fingerprint density at radius 1 is 1.17 bits per heavy atom. The van der Waals surface area contributed by atoms with Crippen molar-refractivity contribution in [3.63, 3.8) is 0 Å². The molecule has 3 N–H and O–H groups in total. The molecule has 0 aliphatic carbocycles. The summed E-state index contributed by atoms with van der Waals surface area (Å²) in [6.45, 7) is 8.41. The Labute approximate surface area is 151 Å². The second-order valence-electron chi connectivity index (χ2n) is 5.60. The number of carbonyl (C=O) groups excluding carboxylic acids is 1. The normalized spacial score (nSPS) is 13.9. The van der Waals surface area contributed by atoms with Crippen molar-refractivity contribution in [3.8, 4) is 0 Å². The van der Waals surface area contributed by atoms with E-state index in [1.54, 1.807) is 38.1 Å². The number of rotatable bonds is 8. The van der Waals surface area contributed by atoms with Crippen LogP contribution >= 0.6 is 12.4 Å². The van der Waals surface area contributed by atoms with Crippen LogP contribution < -0.4 is 11.1 Å². The molecule has 0 aromatic heterocycles. The number of carbonyl (C=O) groups is 1. The van der Waals surface area contributed by atoms with Gasteiger partial charge in [-0.05, 0) is 24.6 Å². The van der Waals surface area contributed by atoms with Crippen LogP contribution in [0.4, 0.5) is 0 Å². The molecule has 2 unspecified atom stereocenters. The Bertz CT molecular complexity index is 614. The monoisotopic (exact) mass is 377 g/mol. The summed E-state index contributed by atoms with van der Waals surface area (Å²) in [5.41, 5.74) is 6.54. The van der Waals surface area contributed by atoms with Crippen LogP contribution in [0.3, 0.4) is 0 Å². The highest BCUT2D eigenvalue weighted by Gasteiger charge is 2.21. The van der Waals surface area contributed by atoms with Crippen LogP contribution in [0.25, 0.3) is 0 Å². The topological polar surface area (TPSA) is 92.5 Å². The smallest absolute Gasteiger partial charge is 0.243 e. The number of hydrogen-bond donors (Lipinski definition) is 2. The van der Waals surface area contributed by atoms with E-state index in [4.69, 9.17) is 5.73 Å². The SMILES string of the molecule is CCN(CC)S(=O)(=O)c1ccc(CNC(=O)C(C)C(C)N)cc1.Cl. The van der Waals surface area contributed by atoms with Crippen molar-refractivity contribution in [2.24, 2.45) is 11.7 Å². The fourth-order valence-electron chi connectivity index (χ4n) is 2.08. The van der Waals surface area contributed by atoms with Crippen LogP contribution in [0.5, 0.6) is 0 Å². The van der Waals surface area contributed by atoms with Crippen molar-refractivity contribution >= 4 is 28.3 Å². The van der Waals surface area contributed by atoms with Gasteiger partial charge in [-0.15, -0.1) is 12.4 Å². The molecule has 0 radical (unpaired) electrons. The van der Waals surface area contributed by atoms with Crippen LogP contribution in [-0.4, -0.2) is 37.8 Å². The zero-order chi connectivity index (χ0) is 17.6. The van der Waals surface area contributed by atoms with E-state index < -0.39 is 10.0 Å². The maximum Gasteiger partial charge on any atom is 0.243 e. The molecule has 6 nitrogen and oxygen atoms in total. The minimum absolute atomic E-state index is 0. The van der Waals surface area contributed by atoms with Gasteiger partial charge < -0.3 is 11.1 Å². The molecule has 2 atom stereocenters. The van der Waals surface area contributed by atoms with Crippen LogP contribution in [-0.2, 0) is 21.4 Å². The number of benzene rings is 1. The van der Waals surface area contributed by atoms with Crippen LogP contribution in [0.2, 0.25) is 0 Å². The largest absolute Gasteiger partial charge is 0.352 e. The molecule has 1 rings (SSSR count). The fraction of sp³-hybridized carbons (Fsp3) is 0.562. The molecule has 0 fully saturated rings. The van der Waals surface area contributed by atoms with Gasteiger partial charge >= 0.3 is 0 Å². The van der Waals surface area contributed by atoms with Gasteiger partial charge in [0.15, 0.2) is 0 Å². The van der Waals surface area contributed by atoms with Crippen LogP contribution in [0.1, 0.15) is 33.3 Å². The average Bonchev–Trinajstić information content (AvgIpc) is 2.53. The van der Waals surface area contributed by atoms with E-state index in [1.165, 1.54) is 4.31 Å². The maximum absolute atomic E-state index is 12.4. The first kappa shape index (κ1) is 22.9. The summed E-state index contributed by atoms with van der Waals surface area (Å²) in [6, 6.07) is 6.37. The lowest BCUT2D eigenvalue weighted by molar-refractivity contribution is -0.125. The fourth-order valence-corrected chi connectivity index (χ4v) is 3.54. The summed E-state index contributed by atoms with van der Waals surface area (Å²) in [6.07, 6.45) is 0. The Kier molecular flexibility index (Phi) is 9.50. The van der Waals surface area contributed by atoms with Gasteiger partial charge in [0.1, 0.15) is 0 Å². The van der Waals surface area contributed by atoms with E-state index in [0.717, 1.165) is 5.56 Å². The first-order chi connectivity index (χ1) is 10.7. The van der Waals surface area contributed by atoms with Gasteiger partial charge in [-0.3, -0.25) is 4.79 Å². The standard InChI is InChI=1S/C16H27N3O3S.ClH/c1-5-19(6-2)23(21,22)15-9-7-14(8-10-15)11-18-16(20)12(3)13(4)17;/h7-10,12-13H,5-6,11,17H2,1-4H3,(H,18,20);1H. The molecule has 1 aromatic carbocycles. The molecule has 0 aliphatic heterocycles. The predicted molar refractivity (Wildman–Crippen MR) is 98.5 cm³/mol. The first-order valence-electron chi connectivity index (χ1n) is 7.86. The number of nitrogens with two attached hydrogens (primary N) is 1. The summed E-state index contributed by atoms with van der Waals surface area (Å²) < 4.78 is 26.2. The van der Waals surface area contributed by atoms with Gasteiger partial charge in [-0.1, -0.05) is 32.9 Å². The van der Waals surface area contributed by atoms with Gasteiger partial charge in [-0.2, -0.15) is 4.31 Å². The number of hydrogen-bond acceptors (Lipinski definition) is 4. The lowest BCUT2D eigenvalue weighted by Gasteiger charge is -2.18. The van der Waals surface area contributed by atoms with Gasteiger partial charge in [-0.25, -0.2) is 8.42 Å². The highest BCUT2D eigenvalue weighted by atomic mass is 35.5. The highest BCUT2D eigenvalue weighted by Crippen LogP contribution is 2.16. The second-order valence-corrected chi connectivity index (χ2v) is 7.54. The lowest BCUT2D eigenvalue weighted by Crippen LogP contribution is -2.38. The van der Waals surface area contributed by atoms with E-state index in [9.17, 15) is 13.2 Å². The molecule has 0 spiro atoms. The van der Waals surface area contributed by atoms with Gasteiger partial charge in [0.25, 0.3) is 0 Å². The summed E-state index contributed by atoms with van der Waals surface area (Å²) in [7, 11) is -3.44. The molecule has 8 heteroatoms. The third kappa shape index (κ3) is 5.73. The Morgan fingerprint density at radius 2 is 1.67 bits per heavy atom. The van der Waals surface area contributed by atoms with Crippen LogP contribution in [0.15, 0.2) is 29.2 Å². The number of nitrogens with zero attached hydrogens (tertiary/aromatic N) is 1. The van der Waals surface area contributed by atoms with Gasteiger partial charge in [0, 0.05) is 31.6 Å². The van der Waals surface area contributed by atoms with E-state index >= 15 is 0 Å². The molecule has 1 amide bonds. The average molecular weight is 378 g/mol. The van der Waals surface area contributed by atoms with E-state index in [2.05, 4.69) is 5.32 Å². The predicted octanol–water partition coefficient (Wildman–Crippen LogP) is 1.74. The molecule has 0 aliphatic rings. The minimum Gasteiger partial charge on any atom is -0.352 e. The lowest BCUT2D eigenvalue weighted by atomic mass is 10.0. The van der Waals surface area contributed by atoms with Crippen molar-refractivity contribution in [2.75, 3.05) is 13.1 Å². The van der Waals surface area contributed by atoms with Crippen molar-refractivity contribution in [2.45, 2.75) is 45.2 Å².